The molecule has 0 aliphatic rings. The molecule has 8 nitrogen and oxygen atoms in total. The highest BCUT2D eigenvalue weighted by atomic mass is 32.2. The number of hydrogen-bond donors (Lipinski definition) is 2. The predicted octanol–water partition coefficient (Wildman–Crippen LogP) is 1.12. The van der Waals surface area contributed by atoms with Crippen LogP contribution >= 0.6 is 0 Å². The van der Waals surface area contributed by atoms with Gasteiger partial charge in [0, 0.05) is 12.1 Å². The first-order chi connectivity index (χ1) is 8.71. The molecular weight excluding hydrogens is 276 g/mol. The summed E-state index contributed by atoms with van der Waals surface area (Å²) in [5.41, 5.74) is 0.426. The van der Waals surface area contributed by atoms with E-state index in [1.54, 1.807) is 0 Å². The van der Waals surface area contributed by atoms with Crippen molar-refractivity contribution in [2.24, 2.45) is 0 Å². The summed E-state index contributed by atoms with van der Waals surface area (Å²) < 4.78 is 25.3. The summed E-state index contributed by atoms with van der Waals surface area (Å²) in [7, 11) is -3.79. The third-order valence-electron chi connectivity index (χ3n) is 2.27. The quantitative estimate of drug-likeness (QED) is 0.596. The first-order valence-electron chi connectivity index (χ1n) is 5.18. The van der Waals surface area contributed by atoms with Gasteiger partial charge in [-0.25, -0.2) is 8.42 Å². The van der Waals surface area contributed by atoms with Gasteiger partial charge >= 0.3 is 5.97 Å². The third-order valence-corrected chi connectivity index (χ3v) is 3.54. The monoisotopic (exact) mass is 288 g/mol. The molecule has 0 saturated heterocycles. The Kier molecular flexibility index (Phi) is 4.43. The van der Waals surface area contributed by atoms with Gasteiger partial charge in [-0.15, -0.1) is 0 Å². The minimum absolute atomic E-state index is 0.147. The van der Waals surface area contributed by atoms with Crippen molar-refractivity contribution in [1.82, 2.24) is 0 Å². The van der Waals surface area contributed by atoms with Crippen molar-refractivity contribution in [2.45, 2.75) is 13.3 Å². The number of anilines is 1. The van der Waals surface area contributed by atoms with Gasteiger partial charge in [-0.3, -0.25) is 19.6 Å². The molecule has 9 heteroatoms. The number of carboxylic acids is 1. The summed E-state index contributed by atoms with van der Waals surface area (Å²) in [6.07, 6.45) is -0.513. The number of benzene rings is 1. The van der Waals surface area contributed by atoms with Gasteiger partial charge < -0.3 is 5.11 Å². The number of nitro benzene ring substituents is 1. The standard InChI is InChI=1S/C10H12N2O6S/c1-7-6-8(12(15)16)2-3-9(7)11-19(17,18)5-4-10(13)14/h2-3,6,11H,4-5H2,1H3,(H,13,14). The number of aliphatic carboxylic acids is 1. The van der Waals surface area contributed by atoms with E-state index in [2.05, 4.69) is 4.72 Å². The summed E-state index contributed by atoms with van der Waals surface area (Å²) in [6.45, 7) is 1.52. The van der Waals surface area contributed by atoms with Crippen molar-refractivity contribution in [3.63, 3.8) is 0 Å². The second kappa shape index (κ2) is 5.65. The lowest BCUT2D eigenvalue weighted by atomic mass is 10.2. The Bertz CT molecular complexity index is 610. The summed E-state index contributed by atoms with van der Waals surface area (Å²) in [5.74, 6) is -1.77. The Morgan fingerprint density at radius 3 is 2.58 bits per heavy atom. The maximum absolute atomic E-state index is 11.6. The van der Waals surface area contributed by atoms with Gasteiger partial charge in [-0.05, 0) is 18.6 Å². The normalized spacial score (nSPS) is 11.0. The van der Waals surface area contributed by atoms with Crippen LogP contribution in [0.1, 0.15) is 12.0 Å². The van der Waals surface area contributed by atoms with Gasteiger partial charge in [0.05, 0.1) is 22.8 Å². The number of carboxylic acid groups (broad SMARTS) is 1. The molecule has 104 valence electrons. The fourth-order valence-corrected chi connectivity index (χ4v) is 2.43. The van der Waals surface area contributed by atoms with Crippen LogP contribution in [-0.4, -0.2) is 30.2 Å². The second-order valence-corrected chi connectivity index (χ2v) is 5.66. The van der Waals surface area contributed by atoms with Crippen LogP contribution in [0.4, 0.5) is 11.4 Å². The van der Waals surface area contributed by atoms with Crippen molar-refractivity contribution < 1.29 is 23.2 Å². The fourth-order valence-electron chi connectivity index (χ4n) is 1.32. The molecule has 0 spiro atoms. The topological polar surface area (TPSA) is 127 Å². The Hall–Kier alpha value is -2.16. The van der Waals surface area contributed by atoms with Crippen LogP contribution in [0.2, 0.25) is 0 Å². The van der Waals surface area contributed by atoms with Crippen molar-refractivity contribution in [2.75, 3.05) is 10.5 Å². The smallest absolute Gasteiger partial charge is 0.304 e. The molecule has 0 aliphatic carbocycles. The highest BCUT2D eigenvalue weighted by Gasteiger charge is 2.15. The van der Waals surface area contributed by atoms with Crippen LogP contribution in [-0.2, 0) is 14.8 Å². The molecule has 0 bridgehead atoms. The highest BCUT2D eigenvalue weighted by molar-refractivity contribution is 7.92. The van der Waals surface area contributed by atoms with E-state index in [1.165, 1.54) is 25.1 Å². The predicted molar refractivity (Wildman–Crippen MR) is 67.5 cm³/mol. The number of nitrogens with zero attached hydrogens (tertiary/aromatic N) is 1. The average molecular weight is 288 g/mol. The van der Waals surface area contributed by atoms with E-state index >= 15 is 0 Å². The molecule has 0 saturated carbocycles. The molecule has 1 aromatic rings. The van der Waals surface area contributed by atoms with Gasteiger partial charge in [-0.2, -0.15) is 0 Å². The molecule has 0 heterocycles. The zero-order chi connectivity index (χ0) is 14.6. The molecule has 0 atom stereocenters. The molecule has 0 radical (unpaired) electrons. The summed E-state index contributed by atoms with van der Waals surface area (Å²) in [5, 5.41) is 19.0. The zero-order valence-corrected chi connectivity index (χ0v) is 10.8. The Labute approximate surface area is 109 Å². The molecule has 2 N–H and O–H groups in total. The summed E-state index contributed by atoms with van der Waals surface area (Å²) >= 11 is 0. The highest BCUT2D eigenvalue weighted by Crippen LogP contribution is 2.22. The van der Waals surface area contributed by atoms with E-state index in [9.17, 15) is 23.3 Å². The van der Waals surface area contributed by atoms with Gasteiger partial charge in [0.15, 0.2) is 0 Å². The van der Waals surface area contributed by atoms with Crippen molar-refractivity contribution in [3.05, 3.63) is 33.9 Å². The number of non-ortho nitro benzene ring substituents is 1. The molecule has 0 aromatic heterocycles. The minimum atomic E-state index is -3.79. The lowest BCUT2D eigenvalue weighted by Gasteiger charge is -2.09. The van der Waals surface area contributed by atoms with Gasteiger partial charge in [0.2, 0.25) is 10.0 Å². The maximum atomic E-state index is 11.6. The van der Waals surface area contributed by atoms with E-state index in [0.717, 1.165) is 0 Å². The number of rotatable bonds is 6. The largest absolute Gasteiger partial charge is 0.481 e. The number of sulfonamides is 1. The molecule has 19 heavy (non-hydrogen) atoms. The lowest BCUT2D eigenvalue weighted by Crippen LogP contribution is -2.19. The van der Waals surface area contributed by atoms with Crippen LogP contribution in [0, 0.1) is 17.0 Å². The number of nitrogens with one attached hydrogen (secondary N) is 1. The number of carbonyl (C=O) groups is 1. The molecule has 1 aromatic carbocycles. The van der Waals surface area contributed by atoms with Crippen molar-refractivity contribution >= 4 is 27.4 Å². The summed E-state index contributed by atoms with van der Waals surface area (Å²) in [4.78, 5) is 20.3. The number of nitro groups is 1. The van der Waals surface area contributed by atoms with E-state index in [1.807, 2.05) is 0 Å². The van der Waals surface area contributed by atoms with E-state index in [4.69, 9.17) is 5.11 Å². The molecule has 1 rings (SSSR count). The average Bonchev–Trinajstić information content (AvgIpc) is 2.29. The number of hydrogen-bond acceptors (Lipinski definition) is 5. The van der Waals surface area contributed by atoms with Gasteiger partial charge in [0.25, 0.3) is 5.69 Å². The van der Waals surface area contributed by atoms with Crippen LogP contribution in [0.15, 0.2) is 18.2 Å². The molecular formula is C10H12N2O6S. The first kappa shape index (κ1) is 14.9. The van der Waals surface area contributed by atoms with Crippen molar-refractivity contribution in [3.8, 4) is 0 Å². The van der Waals surface area contributed by atoms with E-state index in [-0.39, 0.29) is 11.4 Å². The molecule has 0 amide bonds. The van der Waals surface area contributed by atoms with E-state index < -0.39 is 33.1 Å². The number of aryl methyl sites for hydroxylation is 1. The second-order valence-electron chi connectivity index (χ2n) is 3.82. The Balaban J connectivity index is 2.88. The first-order valence-corrected chi connectivity index (χ1v) is 6.84. The lowest BCUT2D eigenvalue weighted by molar-refractivity contribution is -0.384. The summed E-state index contributed by atoms with van der Waals surface area (Å²) in [6, 6.07) is 3.67. The van der Waals surface area contributed by atoms with Crippen molar-refractivity contribution in [1.29, 1.82) is 0 Å². The molecule has 0 aliphatic heterocycles. The fraction of sp³-hybridized carbons (Fsp3) is 0.300. The molecule has 0 fully saturated rings. The Morgan fingerprint density at radius 2 is 2.11 bits per heavy atom. The minimum Gasteiger partial charge on any atom is -0.481 e. The van der Waals surface area contributed by atoms with Gasteiger partial charge in [-0.1, -0.05) is 0 Å². The van der Waals surface area contributed by atoms with Crippen LogP contribution in [0.25, 0.3) is 0 Å². The van der Waals surface area contributed by atoms with Gasteiger partial charge in [0.1, 0.15) is 0 Å². The van der Waals surface area contributed by atoms with Crippen LogP contribution in [0.5, 0.6) is 0 Å². The Morgan fingerprint density at radius 1 is 1.47 bits per heavy atom. The van der Waals surface area contributed by atoms with E-state index in [0.29, 0.717) is 5.56 Å². The SMILES string of the molecule is Cc1cc([N+](=O)[O-])ccc1NS(=O)(=O)CCC(=O)O. The molecule has 0 unspecified atom stereocenters. The van der Waals surface area contributed by atoms with Crippen LogP contribution < -0.4 is 4.72 Å². The third kappa shape index (κ3) is 4.54. The van der Waals surface area contributed by atoms with Crippen LogP contribution in [0.3, 0.4) is 0 Å². The zero-order valence-electron chi connectivity index (χ0n) is 9.99. The maximum Gasteiger partial charge on any atom is 0.304 e.